The molecule has 0 amide bonds. The van der Waals surface area contributed by atoms with Gasteiger partial charge in [-0.15, -0.1) is 0 Å². The minimum absolute atomic E-state index is 0.0498. The summed E-state index contributed by atoms with van der Waals surface area (Å²) in [7, 11) is 0. The zero-order valence-electron chi connectivity index (χ0n) is 8.56. The molecule has 0 aliphatic heterocycles. The van der Waals surface area contributed by atoms with E-state index < -0.39 is 0 Å². The van der Waals surface area contributed by atoms with Crippen LogP contribution in [0, 0.1) is 3.57 Å². The summed E-state index contributed by atoms with van der Waals surface area (Å²) in [4.78, 5) is 12.0. The fourth-order valence-corrected chi connectivity index (χ4v) is 1.86. The van der Waals surface area contributed by atoms with Crippen LogP contribution in [0.4, 0.5) is 0 Å². The predicted octanol–water partition coefficient (Wildman–Crippen LogP) is 1.90. The van der Waals surface area contributed by atoms with Gasteiger partial charge in [0.25, 0.3) is 5.56 Å². The summed E-state index contributed by atoms with van der Waals surface area (Å²) in [5.41, 5.74) is 6.95. The molecule has 4 heteroatoms. The van der Waals surface area contributed by atoms with Crippen LogP contribution in [0.3, 0.4) is 0 Å². The fourth-order valence-electron chi connectivity index (χ4n) is 1.50. The van der Waals surface area contributed by atoms with E-state index in [4.69, 9.17) is 5.73 Å². The minimum Gasteiger partial charge on any atom is -0.326 e. The van der Waals surface area contributed by atoms with Gasteiger partial charge in [0.05, 0.1) is 0 Å². The molecule has 82 valence electrons. The average molecular weight is 326 g/mol. The van der Waals surface area contributed by atoms with Crippen LogP contribution in [0.25, 0.3) is 5.69 Å². The first kappa shape index (κ1) is 11.3. The Morgan fingerprint density at radius 2 is 1.88 bits per heavy atom. The topological polar surface area (TPSA) is 48.0 Å². The molecule has 0 saturated heterocycles. The largest absolute Gasteiger partial charge is 0.326 e. The van der Waals surface area contributed by atoms with E-state index in [0.717, 1.165) is 9.26 Å². The predicted molar refractivity (Wildman–Crippen MR) is 72.6 cm³/mol. The zero-order valence-corrected chi connectivity index (χ0v) is 10.7. The van der Waals surface area contributed by atoms with E-state index in [1.807, 2.05) is 30.3 Å². The van der Waals surface area contributed by atoms with Crippen molar-refractivity contribution in [3.8, 4) is 5.69 Å². The molecule has 1 heterocycles. The molecule has 0 spiro atoms. The Morgan fingerprint density at radius 3 is 2.50 bits per heavy atom. The van der Waals surface area contributed by atoms with Crippen molar-refractivity contribution in [3.63, 3.8) is 0 Å². The van der Waals surface area contributed by atoms with Crippen molar-refractivity contribution >= 4 is 22.6 Å². The van der Waals surface area contributed by atoms with Gasteiger partial charge in [0.15, 0.2) is 0 Å². The lowest BCUT2D eigenvalue weighted by molar-refractivity contribution is 0.925. The lowest BCUT2D eigenvalue weighted by Gasteiger charge is -2.07. The molecule has 0 atom stereocenters. The Labute approximate surface area is 107 Å². The fraction of sp³-hybridized carbons (Fsp3) is 0.0833. The van der Waals surface area contributed by atoms with Gasteiger partial charge < -0.3 is 5.73 Å². The van der Waals surface area contributed by atoms with Gasteiger partial charge in [-0.2, -0.15) is 0 Å². The highest BCUT2D eigenvalue weighted by Crippen LogP contribution is 2.09. The molecule has 0 unspecified atom stereocenters. The summed E-state index contributed by atoms with van der Waals surface area (Å²) in [6.45, 7) is 0.268. The third-order valence-electron chi connectivity index (χ3n) is 2.35. The monoisotopic (exact) mass is 326 g/mol. The second-order valence-electron chi connectivity index (χ2n) is 3.39. The molecular formula is C12H11IN2O. The van der Waals surface area contributed by atoms with Crippen LogP contribution in [0.5, 0.6) is 0 Å². The van der Waals surface area contributed by atoms with E-state index >= 15 is 0 Å². The number of hydrogen-bond donors (Lipinski definition) is 1. The minimum atomic E-state index is -0.0498. The number of rotatable bonds is 2. The van der Waals surface area contributed by atoms with Crippen LogP contribution in [0.2, 0.25) is 0 Å². The molecule has 0 bridgehead atoms. The van der Waals surface area contributed by atoms with E-state index in [9.17, 15) is 4.79 Å². The highest BCUT2D eigenvalue weighted by atomic mass is 127. The second-order valence-corrected chi connectivity index (χ2v) is 4.63. The summed E-state index contributed by atoms with van der Waals surface area (Å²) in [6, 6.07) is 11.4. The maximum atomic E-state index is 12.0. The molecule has 0 radical (unpaired) electrons. The van der Waals surface area contributed by atoms with Crippen LogP contribution >= 0.6 is 22.6 Å². The van der Waals surface area contributed by atoms with Crippen LogP contribution in [0.1, 0.15) is 5.56 Å². The highest BCUT2D eigenvalue weighted by Gasteiger charge is 2.02. The molecule has 16 heavy (non-hydrogen) atoms. The summed E-state index contributed by atoms with van der Waals surface area (Å²) in [6.07, 6.45) is 1.75. The maximum absolute atomic E-state index is 12.0. The van der Waals surface area contributed by atoms with E-state index in [1.165, 1.54) is 0 Å². The van der Waals surface area contributed by atoms with Crippen molar-refractivity contribution in [3.05, 3.63) is 62.1 Å². The molecular weight excluding hydrogens is 315 g/mol. The Morgan fingerprint density at radius 1 is 1.19 bits per heavy atom. The number of halogens is 1. The van der Waals surface area contributed by atoms with Gasteiger partial charge in [0.1, 0.15) is 0 Å². The molecule has 0 saturated carbocycles. The second kappa shape index (κ2) is 4.80. The van der Waals surface area contributed by atoms with Gasteiger partial charge in [-0.25, -0.2) is 0 Å². The molecule has 2 aromatic rings. The van der Waals surface area contributed by atoms with Crippen molar-refractivity contribution in [1.29, 1.82) is 0 Å². The number of aromatic nitrogens is 1. The van der Waals surface area contributed by atoms with Gasteiger partial charge in [-0.3, -0.25) is 9.36 Å². The smallest absolute Gasteiger partial charge is 0.259 e. The number of benzene rings is 1. The van der Waals surface area contributed by atoms with Crippen LogP contribution in [-0.4, -0.2) is 4.57 Å². The van der Waals surface area contributed by atoms with Gasteiger partial charge in [0, 0.05) is 27.6 Å². The molecule has 0 aliphatic rings. The third kappa shape index (κ3) is 2.17. The number of pyridine rings is 1. The summed E-state index contributed by atoms with van der Waals surface area (Å²) >= 11 is 2.23. The lowest BCUT2D eigenvalue weighted by Crippen LogP contribution is -2.23. The third-order valence-corrected chi connectivity index (χ3v) is 3.07. The number of hydrogen-bond acceptors (Lipinski definition) is 2. The van der Waals surface area contributed by atoms with Gasteiger partial charge in [-0.05, 0) is 52.9 Å². The Balaban J connectivity index is 2.56. The molecule has 1 aromatic heterocycles. The SMILES string of the molecule is NCc1cccn(-c2ccc(I)cc2)c1=O. The summed E-state index contributed by atoms with van der Waals surface area (Å²) in [5, 5.41) is 0. The first-order valence-electron chi connectivity index (χ1n) is 4.89. The van der Waals surface area contributed by atoms with Crippen molar-refractivity contribution in [2.24, 2.45) is 5.73 Å². The zero-order chi connectivity index (χ0) is 11.5. The highest BCUT2D eigenvalue weighted by molar-refractivity contribution is 14.1. The average Bonchev–Trinajstić information content (AvgIpc) is 2.31. The van der Waals surface area contributed by atoms with Crippen molar-refractivity contribution in [2.75, 3.05) is 0 Å². The van der Waals surface area contributed by atoms with Crippen LogP contribution in [-0.2, 0) is 6.54 Å². The van der Waals surface area contributed by atoms with E-state index in [2.05, 4.69) is 22.6 Å². The Bertz CT molecular complexity index is 546. The molecule has 0 fully saturated rings. The van der Waals surface area contributed by atoms with Crippen molar-refractivity contribution < 1.29 is 0 Å². The molecule has 3 nitrogen and oxygen atoms in total. The van der Waals surface area contributed by atoms with Gasteiger partial charge in [-0.1, -0.05) is 6.07 Å². The number of nitrogens with two attached hydrogens (primary N) is 1. The van der Waals surface area contributed by atoms with Crippen molar-refractivity contribution in [2.45, 2.75) is 6.54 Å². The molecule has 0 aliphatic carbocycles. The van der Waals surface area contributed by atoms with Gasteiger partial charge in [0.2, 0.25) is 0 Å². The maximum Gasteiger partial charge on any atom is 0.259 e. The van der Waals surface area contributed by atoms with Crippen LogP contribution in [0.15, 0.2) is 47.4 Å². The quantitative estimate of drug-likeness (QED) is 0.857. The molecule has 2 N–H and O–H groups in total. The lowest BCUT2D eigenvalue weighted by atomic mass is 10.2. The first-order valence-corrected chi connectivity index (χ1v) is 5.97. The Hall–Kier alpha value is -1.14. The normalized spacial score (nSPS) is 10.4. The molecule has 2 rings (SSSR count). The first-order chi connectivity index (χ1) is 7.72. The van der Waals surface area contributed by atoms with Crippen LogP contribution < -0.4 is 11.3 Å². The number of nitrogens with zero attached hydrogens (tertiary/aromatic N) is 1. The van der Waals surface area contributed by atoms with E-state index in [0.29, 0.717) is 5.56 Å². The van der Waals surface area contributed by atoms with E-state index in [1.54, 1.807) is 16.8 Å². The molecule has 1 aromatic carbocycles. The summed E-state index contributed by atoms with van der Waals surface area (Å²) < 4.78 is 2.75. The van der Waals surface area contributed by atoms with Gasteiger partial charge >= 0.3 is 0 Å². The summed E-state index contributed by atoms with van der Waals surface area (Å²) in [5.74, 6) is 0. The van der Waals surface area contributed by atoms with E-state index in [-0.39, 0.29) is 12.1 Å². The standard InChI is InChI=1S/C12H11IN2O/c13-10-3-5-11(6-4-10)15-7-1-2-9(8-14)12(15)16/h1-7H,8,14H2. The van der Waals surface area contributed by atoms with Crippen molar-refractivity contribution in [1.82, 2.24) is 4.57 Å². The Kier molecular flexibility index (Phi) is 3.40.